The van der Waals surface area contributed by atoms with Crippen LogP contribution in [0, 0.1) is 6.92 Å². The van der Waals surface area contributed by atoms with E-state index in [1.165, 1.54) is 22.4 Å². The van der Waals surface area contributed by atoms with E-state index in [2.05, 4.69) is 88.1 Å². The van der Waals surface area contributed by atoms with Gasteiger partial charge in [0.1, 0.15) is 0 Å². The van der Waals surface area contributed by atoms with Crippen molar-refractivity contribution in [1.29, 1.82) is 0 Å². The zero-order valence-electron chi connectivity index (χ0n) is 15.0. The number of nitrogens with one attached hydrogen (secondary N) is 2. The van der Waals surface area contributed by atoms with E-state index in [-0.39, 0.29) is 0 Å². The van der Waals surface area contributed by atoms with Crippen LogP contribution in [0.25, 0.3) is 0 Å². The minimum absolute atomic E-state index is 0.753. The van der Waals surface area contributed by atoms with Crippen molar-refractivity contribution in [2.24, 2.45) is 4.99 Å². The maximum Gasteiger partial charge on any atom is 0.191 e. The summed E-state index contributed by atoms with van der Waals surface area (Å²) in [5.74, 6) is 0.814. The van der Waals surface area contributed by atoms with Crippen LogP contribution in [0.2, 0.25) is 0 Å². The largest absolute Gasteiger partial charge is 0.364 e. The van der Waals surface area contributed by atoms with Crippen molar-refractivity contribution in [2.45, 2.75) is 20.0 Å². The molecule has 1 heterocycles. The van der Waals surface area contributed by atoms with Gasteiger partial charge in [0.05, 0.1) is 0 Å². The molecule has 0 aliphatic carbocycles. The van der Waals surface area contributed by atoms with Gasteiger partial charge in [0.15, 0.2) is 5.96 Å². The Morgan fingerprint density at radius 1 is 0.960 bits per heavy atom. The highest BCUT2D eigenvalue weighted by molar-refractivity contribution is 5.79. The smallest absolute Gasteiger partial charge is 0.191 e. The highest BCUT2D eigenvalue weighted by atomic mass is 15.2. The average molecular weight is 334 g/mol. The maximum atomic E-state index is 4.31. The molecule has 4 nitrogen and oxygen atoms in total. The number of aryl methyl sites for hydroxylation is 1. The molecule has 2 N–H and O–H groups in total. The number of aliphatic imine (C=N–C) groups is 1. The van der Waals surface area contributed by atoms with Crippen molar-refractivity contribution in [3.05, 3.63) is 77.4 Å². The first-order valence-corrected chi connectivity index (χ1v) is 8.73. The lowest BCUT2D eigenvalue weighted by Gasteiger charge is -2.19. The average Bonchev–Trinajstić information content (AvgIpc) is 3.18. The Balaban J connectivity index is 1.52. The van der Waals surface area contributed by atoms with E-state index in [4.69, 9.17) is 0 Å². The van der Waals surface area contributed by atoms with Crippen molar-refractivity contribution in [1.82, 2.24) is 10.6 Å². The van der Waals surface area contributed by atoms with Crippen LogP contribution >= 0.6 is 0 Å². The summed E-state index contributed by atoms with van der Waals surface area (Å²) in [5.41, 5.74) is 5.05. The molecule has 2 aromatic rings. The van der Waals surface area contributed by atoms with Crippen molar-refractivity contribution in [2.75, 3.05) is 25.0 Å². The normalized spacial score (nSPS) is 14.0. The fourth-order valence-corrected chi connectivity index (χ4v) is 2.85. The topological polar surface area (TPSA) is 39.7 Å². The first-order chi connectivity index (χ1) is 12.2. The summed E-state index contributed by atoms with van der Waals surface area (Å²) in [6, 6.07) is 17.2. The molecule has 2 aromatic carbocycles. The number of guanidine groups is 1. The van der Waals surface area contributed by atoms with Crippen LogP contribution in [-0.4, -0.2) is 26.1 Å². The predicted molar refractivity (Wildman–Crippen MR) is 106 cm³/mol. The Hall–Kier alpha value is -2.75. The summed E-state index contributed by atoms with van der Waals surface area (Å²) >= 11 is 0. The molecular formula is C21H26N4. The molecule has 3 rings (SSSR count). The number of nitrogens with zero attached hydrogens (tertiary/aromatic N) is 2. The summed E-state index contributed by atoms with van der Waals surface area (Å²) in [6.07, 6.45) is 4.42. The van der Waals surface area contributed by atoms with Crippen molar-refractivity contribution in [3.63, 3.8) is 0 Å². The fraction of sp³-hybridized carbons (Fsp3) is 0.286. The van der Waals surface area contributed by atoms with Crippen LogP contribution in [0.4, 0.5) is 5.69 Å². The third-order valence-corrected chi connectivity index (χ3v) is 4.36. The molecular weight excluding hydrogens is 308 g/mol. The predicted octanol–water partition coefficient (Wildman–Crippen LogP) is 3.24. The lowest BCUT2D eigenvalue weighted by atomic mass is 10.1. The Kier molecular flexibility index (Phi) is 5.73. The molecule has 0 radical (unpaired) electrons. The summed E-state index contributed by atoms with van der Waals surface area (Å²) in [6.45, 7) is 5.61. The zero-order chi connectivity index (χ0) is 17.5. The summed E-state index contributed by atoms with van der Waals surface area (Å²) in [7, 11) is 1.80. The monoisotopic (exact) mass is 334 g/mol. The van der Waals surface area contributed by atoms with E-state index in [1.54, 1.807) is 7.05 Å². The molecule has 130 valence electrons. The van der Waals surface area contributed by atoms with E-state index in [9.17, 15) is 0 Å². The van der Waals surface area contributed by atoms with Crippen LogP contribution < -0.4 is 15.5 Å². The summed E-state index contributed by atoms with van der Waals surface area (Å²) in [5, 5.41) is 6.75. The van der Waals surface area contributed by atoms with Gasteiger partial charge in [-0.05, 0) is 30.2 Å². The maximum absolute atomic E-state index is 4.31. The molecule has 0 aromatic heterocycles. The van der Waals surface area contributed by atoms with Crippen molar-refractivity contribution >= 4 is 11.6 Å². The summed E-state index contributed by atoms with van der Waals surface area (Å²) in [4.78, 5) is 6.66. The second kappa shape index (κ2) is 8.38. The van der Waals surface area contributed by atoms with Gasteiger partial charge in [-0.15, -0.1) is 0 Å². The van der Waals surface area contributed by atoms with Gasteiger partial charge in [0, 0.05) is 38.9 Å². The minimum atomic E-state index is 0.753. The van der Waals surface area contributed by atoms with Crippen LogP contribution in [0.5, 0.6) is 0 Å². The van der Waals surface area contributed by atoms with E-state index in [0.29, 0.717) is 0 Å². The van der Waals surface area contributed by atoms with E-state index in [0.717, 1.165) is 32.1 Å². The number of rotatable bonds is 5. The van der Waals surface area contributed by atoms with Gasteiger partial charge in [-0.25, -0.2) is 0 Å². The van der Waals surface area contributed by atoms with Gasteiger partial charge in [0.2, 0.25) is 0 Å². The van der Waals surface area contributed by atoms with Gasteiger partial charge in [-0.2, -0.15) is 0 Å². The van der Waals surface area contributed by atoms with Gasteiger partial charge in [-0.3, -0.25) is 4.99 Å². The zero-order valence-corrected chi connectivity index (χ0v) is 15.0. The molecule has 0 bridgehead atoms. The molecule has 0 atom stereocenters. The molecule has 1 aliphatic heterocycles. The third kappa shape index (κ3) is 4.86. The lowest BCUT2D eigenvalue weighted by Crippen LogP contribution is -2.36. The molecule has 0 amide bonds. The molecule has 0 saturated heterocycles. The Morgan fingerprint density at radius 3 is 2.32 bits per heavy atom. The molecule has 1 aliphatic rings. The first kappa shape index (κ1) is 17.1. The molecule has 0 fully saturated rings. The number of hydrogen-bond acceptors (Lipinski definition) is 2. The molecule has 0 unspecified atom stereocenters. The summed E-state index contributed by atoms with van der Waals surface area (Å²) < 4.78 is 0. The highest BCUT2D eigenvalue weighted by Gasteiger charge is 2.08. The fourth-order valence-electron chi connectivity index (χ4n) is 2.85. The standard InChI is InChI=1S/C21H26N4/c1-17-8-10-18(11-9-17)15-23-21(22-2)24-16-19-6-5-7-20(14-19)25-12-3-4-13-25/h3-11,14H,12-13,15-16H2,1-2H3,(H2,22,23,24). The molecule has 0 saturated carbocycles. The van der Waals surface area contributed by atoms with Crippen LogP contribution in [0.15, 0.2) is 65.7 Å². The molecule has 0 spiro atoms. The van der Waals surface area contributed by atoms with Gasteiger partial charge in [0.25, 0.3) is 0 Å². The van der Waals surface area contributed by atoms with Gasteiger partial charge < -0.3 is 15.5 Å². The second-order valence-electron chi connectivity index (χ2n) is 6.31. The second-order valence-corrected chi connectivity index (χ2v) is 6.31. The lowest BCUT2D eigenvalue weighted by molar-refractivity contribution is 0.808. The Morgan fingerprint density at radius 2 is 1.64 bits per heavy atom. The minimum Gasteiger partial charge on any atom is -0.364 e. The van der Waals surface area contributed by atoms with E-state index >= 15 is 0 Å². The Labute approximate surface area is 150 Å². The van der Waals surface area contributed by atoms with Crippen LogP contribution in [0.3, 0.4) is 0 Å². The Bertz CT molecular complexity index is 739. The SMILES string of the molecule is CN=C(NCc1ccc(C)cc1)NCc1cccc(N2CC=CC2)c1. The van der Waals surface area contributed by atoms with Crippen molar-refractivity contribution in [3.8, 4) is 0 Å². The number of anilines is 1. The van der Waals surface area contributed by atoms with Gasteiger partial charge in [-0.1, -0.05) is 54.1 Å². The van der Waals surface area contributed by atoms with Gasteiger partial charge >= 0.3 is 0 Å². The highest BCUT2D eigenvalue weighted by Crippen LogP contribution is 2.18. The van der Waals surface area contributed by atoms with E-state index < -0.39 is 0 Å². The number of benzene rings is 2. The van der Waals surface area contributed by atoms with Crippen molar-refractivity contribution < 1.29 is 0 Å². The molecule has 25 heavy (non-hydrogen) atoms. The molecule has 4 heteroatoms. The van der Waals surface area contributed by atoms with Crippen LogP contribution in [0.1, 0.15) is 16.7 Å². The van der Waals surface area contributed by atoms with Crippen LogP contribution in [-0.2, 0) is 13.1 Å². The quantitative estimate of drug-likeness (QED) is 0.501. The number of hydrogen-bond donors (Lipinski definition) is 2. The van der Waals surface area contributed by atoms with E-state index in [1.807, 2.05) is 0 Å². The first-order valence-electron chi connectivity index (χ1n) is 8.73. The third-order valence-electron chi connectivity index (χ3n) is 4.36.